The van der Waals surface area contributed by atoms with Crippen LogP contribution in [0.3, 0.4) is 0 Å². The summed E-state index contributed by atoms with van der Waals surface area (Å²) in [4.78, 5) is 17.1. The molecular formula is C23H24N4O4. The van der Waals surface area contributed by atoms with Gasteiger partial charge in [-0.05, 0) is 42.8 Å². The number of nitrogens with one attached hydrogen (secondary N) is 1. The molecule has 0 saturated carbocycles. The lowest BCUT2D eigenvalue weighted by molar-refractivity contribution is 0.0766. The fourth-order valence-corrected chi connectivity index (χ4v) is 3.97. The van der Waals surface area contributed by atoms with Gasteiger partial charge in [0.1, 0.15) is 5.75 Å². The van der Waals surface area contributed by atoms with E-state index in [4.69, 9.17) is 14.2 Å². The van der Waals surface area contributed by atoms with Gasteiger partial charge < -0.3 is 24.0 Å². The van der Waals surface area contributed by atoms with Crippen molar-refractivity contribution in [1.82, 2.24) is 15.1 Å². The van der Waals surface area contributed by atoms with Crippen LogP contribution in [0, 0.1) is 0 Å². The van der Waals surface area contributed by atoms with Crippen molar-refractivity contribution in [1.29, 1.82) is 0 Å². The molecule has 8 nitrogen and oxygen atoms in total. The van der Waals surface area contributed by atoms with Crippen LogP contribution in [0.1, 0.15) is 16.8 Å². The van der Waals surface area contributed by atoms with Crippen LogP contribution < -0.4 is 19.1 Å². The topological polar surface area (TPSA) is 79.9 Å². The number of carbonyl (C=O) groups is 1. The Balaban J connectivity index is 1.27. The SMILES string of the molecule is COc1cccc(C(=O)N2CCCN(c3cc(-c4ccc5c(c4)OCO5)[nH]n3)CC2)c1. The molecule has 1 aromatic heterocycles. The van der Waals surface area contributed by atoms with Crippen LogP contribution in [0.15, 0.2) is 48.5 Å². The molecule has 2 aliphatic rings. The van der Waals surface area contributed by atoms with Gasteiger partial charge in [-0.25, -0.2) is 0 Å². The molecule has 3 aromatic rings. The molecule has 0 spiro atoms. The molecule has 0 atom stereocenters. The molecule has 1 amide bonds. The van der Waals surface area contributed by atoms with Crippen LogP contribution in [0.2, 0.25) is 0 Å². The maximum atomic E-state index is 13.0. The van der Waals surface area contributed by atoms with E-state index in [1.807, 2.05) is 47.4 Å². The van der Waals surface area contributed by atoms with Crippen LogP contribution in [0.25, 0.3) is 11.3 Å². The number of benzene rings is 2. The number of carbonyl (C=O) groups excluding carboxylic acids is 1. The van der Waals surface area contributed by atoms with Crippen molar-refractivity contribution < 1.29 is 19.0 Å². The van der Waals surface area contributed by atoms with E-state index in [9.17, 15) is 4.79 Å². The Bertz CT molecular complexity index is 1100. The molecule has 0 aliphatic carbocycles. The fraction of sp³-hybridized carbons (Fsp3) is 0.304. The van der Waals surface area contributed by atoms with Crippen molar-refractivity contribution in [3.8, 4) is 28.5 Å². The second-order valence-corrected chi connectivity index (χ2v) is 7.57. The number of rotatable bonds is 4. The van der Waals surface area contributed by atoms with Gasteiger partial charge in [-0.15, -0.1) is 0 Å². The number of ether oxygens (including phenoxy) is 3. The number of H-pyrrole nitrogens is 1. The van der Waals surface area contributed by atoms with E-state index in [2.05, 4.69) is 15.1 Å². The minimum Gasteiger partial charge on any atom is -0.497 e. The number of anilines is 1. The Labute approximate surface area is 180 Å². The molecular weight excluding hydrogens is 396 g/mol. The van der Waals surface area contributed by atoms with E-state index in [1.54, 1.807) is 13.2 Å². The summed E-state index contributed by atoms with van der Waals surface area (Å²) in [5, 5.41) is 7.63. The van der Waals surface area contributed by atoms with Crippen molar-refractivity contribution in [2.75, 3.05) is 45.0 Å². The van der Waals surface area contributed by atoms with Crippen LogP contribution >= 0.6 is 0 Å². The second kappa shape index (κ2) is 8.22. The summed E-state index contributed by atoms with van der Waals surface area (Å²) in [6.07, 6.45) is 0.877. The lowest BCUT2D eigenvalue weighted by atomic mass is 10.1. The lowest BCUT2D eigenvalue weighted by Gasteiger charge is -2.22. The van der Waals surface area contributed by atoms with Crippen molar-refractivity contribution in [2.45, 2.75) is 6.42 Å². The molecule has 160 valence electrons. The average Bonchev–Trinajstić information content (AvgIpc) is 3.42. The van der Waals surface area contributed by atoms with Gasteiger partial charge in [-0.1, -0.05) is 6.07 Å². The number of hydrogen-bond donors (Lipinski definition) is 1. The summed E-state index contributed by atoms with van der Waals surface area (Å²) < 4.78 is 16.1. The maximum Gasteiger partial charge on any atom is 0.254 e. The molecule has 0 radical (unpaired) electrons. The third kappa shape index (κ3) is 3.88. The highest BCUT2D eigenvalue weighted by atomic mass is 16.7. The van der Waals surface area contributed by atoms with E-state index >= 15 is 0 Å². The number of hydrogen-bond acceptors (Lipinski definition) is 6. The van der Waals surface area contributed by atoms with Gasteiger partial charge in [0.25, 0.3) is 5.91 Å². The summed E-state index contributed by atoms with van der Waals surface area (Å²) in [5.74, 6) is 3.11. The van der Waals surface area contributed by atoms with E-state index in [0.717, 1.165) is 48.1 Å². The smallest absolute Gasteiger partial charge is 0.254 e. The Kier molecular flexibility index (Phi) is 5.11. The Hall–Kier alpha value is -3.68. The molecule has 1 saturated heterocycles. The predicted octanol–water partition coefficient (Wildman–Crippen LogP) is 3.17. The zero-order chi connectivity index (χ0) is 21.2. The van der Waals surface area contributed by atoms with Gasteiger partial charge in [0, 0.05) is 43.4 Å². The number of methoxy groups -OCH3 is 1. The summed E-state index contributed by atoms with van der Waals surface area (Å²) >= 11 is 0. The first kappa shape index (κ1) is 19.3. The number of aromatic amines is 1. The second-order valence-electron chi connectivity index (χ2n) is 7.57. The largest absolute Gasteiger partial charge is 0.497 e. The fourth-order valence-electron chi connectivity index (χ4n) is 3.97. The number of aromatic nitrogens is 2. The predicted molar refractivity (Wildman–Crippen MR) is 116 cm³/mol. The van der Waals surface area contributed by atoms with Crippen LogP contribution in [0.5, 0.6) is 17.2 Å². The third-order valence-electron chi connectivity index (χ3n) is 5.67. The Morgan fingerprint density at radius 3 is 2.84 bits per heavy atom. The number of fused-ring (bicyclic) bond motifs is 1. The first-order valence-corrected chi connectivity index (χ1v) is 10.3. The summed E-state index contributed by atoms with van der Waals surface area (Å²) in [6.45, 7) is 3.18. The maximum absolute atomic E-state index is 13.0. The summed E-state index contributed by atoms with van der Waals surface area (Å²) in [6, 6.07) is 15.2. The van der Waals surface area contributed by atoms with Gasteiger partial charge in [0.05, 0.1) is 12.8 Å². The molecule has 8 heteroatoms. The van der Waals surface area contributed by atoms with E-state index in [0.29, 0.717) is 24.4 Å². The molecule has 5 rings (SSSR count). The molecule has 2 aromatic carbocycles. The van der Waals surface area contributed by atoms with Gasteiger partial charge in [0.2, 0.25) is 6.79 Å². The first-order valence-electron chi connectivity index (χ1n) is 10.3. The minimum absolute atomic E-state index is 0.0313. The standard InChI is InChI=1S/C23H24N4O4/c1-29-18-5-2-4-17(12-18)23(28)27-9-3-8-26(10-11-27)22-14-19(24-25-22)16-6-7-20-21(13-16)31-15-30-20/h2,4-7,12-14H,3,8-11,15H2,1H3,(H,24,25). The van der Waals surface area contributed by atoms with Crippen molar-refractivity contribution >= 4 is 11.7 Å². The lowest BCUT2D eigenvalue weighted by Crippen LogP contribution is -2.35. The minimum atomic E-state index is 0.0313. The quantitative estimate of drug-likeness (QED) is 0.699. The van der Waals surface area contributed by atoms with E-state index in [1.165, 1.54) is 0 Å². The van der Waals surface area contributed by atoms with Gasteiger partial charge in [-0.2, -0.15) is 5.10 Å². The van der Waals surface area contributed by atoms with Gasteiger partial charge in [0.15, 0.2) is 17.3 Å². The Morgan fingerprint density at radius 2 is 1.94 bits per heavy atom. The van der Waals surface area contributed by atoms with E-state index < -0.39 is 0 Å². The highest BCUT2D eigenvalue weighted by Crippen LogP contribution is 2.36. The van der Waals surface area contributed by atoms with Crippen molar-refractivity contribution in [2.24, 2.45) is 0 Å². The van der Waals surface area contributed by atoms with Crippen LogP contribution in [-0.2, 0) is 0 Å². The molecule has 31 heavy (non-hydrogen) atoms. The highest BCUT2D eigenvalue weighted by molar-refractivity contribution is 5.94. The zero-order valence-corrected chi connectivity index (χ0v) is 17.3. The monoisotopic (exact) mass is 420 g/mol. The van der Waals surface area contributed by atoms with Gasteiger partial charge in [-0.3, -0.25) is 9.89 Å². The number of amides is 1. The molecule has 0 bridgehead atoms. The molecule has 2 aliphatic heterocycles. The summed E-state index contributed by atoms with van der Waals surface area (Å²) in [7, 11) is 1.61. The average molecular weight is 420 g/mol. The molecule has 1 fully saturated rings. The molecule has 0 unspecified atom stereocenters. The number of nitrogens with zero attached hydrogens (tertiary/aromatic N) is 3. The van der Waals surface area contributed by atoms with E-state index in [-0.39, 0.29) is 12.7 Å². The Morgan fingerprint density at radius 1 is 1.03 bits per heavy atom. The normalized spacial score (nSPS) is 15.6. The van der Waals surface area contributed by atoms with Crippen LogP contribution in [-0.4, -0.2) is 61.1 Å². The highest BCUT2D eigenvalue weighted by Gasteiger charge is 2.22. The van der Waals surface area contributed by atoms with Gasteiger partial charge >= 0.3 is 0 Å². The molecule has 3 heterocycles. The van der Waals surface area contributed by atoms with Crippen molar-refractivity contribution in [3.63, 3.8) is 0 Å². The zero-order valence-electron chi connectivity index (χ0n) is 17.3. The third-order valence-corrected chi connectivity index (χ3v) is 5.67. The van der Waals surface area contributed by atoms with Crippen molar-refractivity contribution in [3.05, 3.63) is 54.1 Å². The molecule has 1 N–H and O–H groups in total. The first-order chi connectivity index (χ1) is 15.2. The summed E-state index contributed by atoms with van der Waals surface area (Å²) in [5.41, 5.74) is 2.56. The van der Waals surface area contributed by atoms with Crippen LogP contribution in [0.4, 0.5) is 5.82 Å².